The van der Waals surface area contributed by atoms with Gasteiger partial charge in [-0.25, -0.2) is 9.97 Å². The summed E-state index contributed by atoms with van der Waals surface area (Å²) in [6.45, 7) is 5.49. The number of pyridine rings is 1. The van der Waals surface area contributed by atoms with Crippen molar-refractivity contribution in [3.05, 3.63) is 54.4 Å². The van der Waals surface area contributed by atoms with E-state index >= 15 is 0 Å². The van der Waals surface area contributed by atoms with Crippen LogP contribution in [0.1, 0.15) is 90.1 Å². The summed E-state index contributed by atoms with van der Waals surface area (Å²) in [6.07, 6.45) is 14.9. The molecule has 44 heavy (non-hydrogen) atoms. The molecule has 6 atom stereocenters. The average molecular weight is 606 g/mol. The molecule has 4 aliphatic heterocycles. The van der Waals surface area contributed by atoms with Gasteiger partial charge >= 0.3 is 0 Å². The van der Waals surface area contributed by atoms with Crippen molar-refractivity contribution in [2.75, 3.05) is 20.7 Å². The average Bonchev–Trinajstić information content (AvgIpc) is 3.36. The maximum absolute atomic E-state index is 12.9. The van der Waals surface area contributed by atoms with Crippen LogP contribution < -0.4 is 10.6 Å². The van der Waals surface area contributed by atoms with Gasteiger partial charge in [-0.05, 0) is 104 Å². The summed E-state index contributed by atoms with van der Waals surface area (Å²) in [6, 6.07) is 10.2. The van der Waals surface area contributed by atoms with E-state index in [4.69, 9.17) is 0 Å². The maximum Gasteiger partial charge on any atom is 0.234 e. The summed E-state index contributed by atoms with van der Waals surface area (Å²) in [5.41, 5.74) is -1.02. The molecule has 4 fully saturated rings. The van der Waals surface area contributed by atoms with Crippen molar-refractivity contribution in [1.29, 1.82) is 0 Å². The van der Waals surface area contributed by atoms with E-state index in [2.05, 4.69) is 49.5 Å². The molecule has 10 nitrogen and oxygen atoms in total. The lowest BCUT2D eigenvalue weighted by Crippen LogP contribution is -2.54. The number of rotatable bonds is 8. The van der Waals surface area contributed by atoms with Gasteiger partial charge in [0.25, 0.3) is 0 Å². The Kier molecular flexibility index (Phi) is 10.0. The van der Waals surface area contributed by atoms with Crippen LogP contribution in [-0.4, -0.2) is 98.6 Å². The molecular weight excluding hydrogens is 554 g/mol. The highest BCUT2D eigenvalue weighted by atomic mass is 16.3. The summed E-state index contributed by atoms with van der Waals surface area (Å²) in [7, 11) is 4.40. The number of carbonyl (C=O) groups is 2. The van der Waals surface area contributed by atoms with Crippen LogP contribution in [0.15, 0.2) is 42.9 Å². The van der Waals surface area contributed by atoms with E-state index in [0.717, 1.165) is 25.7 Å². The molecule has 4 saturated heterocycles. The maximum atomic E-state index is 12.9. The van der Waals surface area contributed by atoms with E-state index in [9.17, 15) is 14.7 Å². The van der Waals surface area contributed by atoms with Crippen molar-refractivity contribution in [1.82, 2.24) is 35.4 Å². The summed E-state index contributed by atoms with van der Waals surface area (Å²) >= 11 is 0. The fourth-order valence-electron chi connectivity index (χ4n) is 7.71. The first-order chi connectivity index (χ1) is 21.1. The van der Waals surface area contributed by atoms with E-state index in [1.54, 1.807) is 37.6 Å². The van der Waals surface area contributed by atoms with Crippen LogP contribution in [0.2, 0.25) is 0 Å². The van der Waals surface area contributed by atoms with Crippen LogP contribution in [0, 0.1) is 0 Å². The second-order valence-electron chi connectivity index (χ2n) is 13.8. The molecule has 2 amide bonds. The minimum absolute atomic E-state index is 0.0650. The molecule has 0 radical (unpaired) electrons. The Morgan fingerprint density at radius 3 is 1.64 bits per heavy atom. The number of hydrogen-bond donors (Lipinski definition) is 3. The zero-order chi connectivity index (χ0) is 31.5. The molecule has 4 aliphatic rings. The third kappa shape index (κ3) is 6.53. The summed E-state index contributed by atoms with van der Waals surface area (Å²) < 4.78 is 0. The molecule has 6 rings (SSSR count). The molecule has 10 heteroatoms. The van der Waals surface area contributed by atoms with E-state index in [1.807, 2.05) is 26.0 Å². The molecule has 4 bridgehead atoms. The highest BCUT2D eigenvalue weighted by Crippen LogP contribution is 2.36. The number of fused-ring (bicyclic) bond motifs is 4. The van der Waals surface area contributed by atoms with Crippen LogP contribution in [-0.2, 0) is 20.4 Å². The lowest BCUT2D eigenvalue weighted by molar-refractivity contribution is -0.129. The van der Waals surface area contributed by atoms with Crippen molar-refractivity contribution >= 4 is 11.8 Å². The Morgan fingerprint density at radius 2 is 1.23 bits per heavy atom. The van der Waals surface area contributed by atoms with E-state index < -0.39 is 10.8 Å². The molecule has 240 valence electrons. The third-order valence-electron chi connectivity index (χ3n) is 11.2. The molecule has 2 aromatic rings. The largest absolute Gasteiger partial charge is 0.395 e. The SMILES string of the molecule is CCC(C)(C(=O)NC1CC2CCC(C1)N2C)c1ncccn1.CN1C2CCC1CC(NC(=O)C(C)(CO)c1ccccn1)C2. The monoisotopic (exact) mass is 605 g/mol. The number of amides is 2. The third-order valence-corrected chi connectivity index (χ3v) is 11.2. The number of carbonyl (C=O) groups excluding carboxylic acids is 2. The smallest absolute Gasteiger partial charge is 0.234 e. The van der Waals surface area contributed by atoms with E-state index in [1.165, 1.54) is 25.7 Å². The Balaban J connectivity index is 0.000000175. The van der Waals surface area contributed by atoms with Gasteiger partial charge in [-0.1, -0.05) is 13.0 Å². The molecule has 3 N–H and O–H groups in total. The summed E-state index contributed by atoms with van der Waals surface area (Å²) in [4.78, 5) is 43.5. The van der Waals surface area contributed by atoms with Gasteiger partial charge in [0.05, 0.1) is 12.3 Å². The molecule has 0 spiro atoms. The van der Waals surface area contributed by atoms with Gasteiger partial charge < -0.3 is 25.5 Å². The van der Waals surface area contributed by atoms with Crippen LogP contribution >= 0.6 is 0 Å². The van der Waals surface area contributed by atoms with Crippen molar-refractivity contribution in [2.24, 2.45) is 0 Å². The van der Waals surface area contributed by atoms with Crippen molar-refractivity contribution < 1.29 is 14.7 Å². The number of aromatic nitrogens is 3. The highest BCUT2D eigenvalue weighted by Gasteiger charge is 2.43. The zero-order valence-electron chi connectivity index (χ0n) is 27.1. The minimum Gasteiger partial charge on any atom is -0.395 e. The molecule has 0 aliphatic carbocycles. The van der Waals surface area contributed by atoms with Crippen molar-refractivity contribution in [2.45, 2.75) is 126 Å². The minimum atomic E-state index is -0.982. The number of nitrogens with one attached hydrogen (secondary N) is 2. The lowest BCUT2D eigenvalue weighted by atomic mass is 9.84. The molecule has 2 aromatic heterocycles. The Hall–Kier alpha value is -2.95. The van der Waals surface area contributed by atoms with Gasteiger partial charge in [0.2, 0.25) is 11.8 Å². The Morgan fingerprint density at radius 1 is 0.773 bits per heavy atom. The number of aliphatic hydroxyl groups excluding tert-OH is 1. The Bertz CT molecular complexity index is 1140. The van der Waals surface area contributed by atoms with Crippen LogP contribution in [0.3, 0.4) is 0 Å². The van der Waals surface area contributed by atoms with Crippen molar-refractivity contribution in [3.63, 3.8) is 0 Å². The fourth-order valence-corrected chi connectivity index (χ4v) is 7.71. The van der Waals surface area contributed by atoms with Crippen molar-refractivity contribution in [3.8, 4) is 0 Å². The number of aliphatic hydroxyl groups is 1. The Labute approximate surface area is 262 Å². The number of piperidine rings is 2. The molecule has 0 saturated carbocycles. The second-order valence-corrected chi connectivity index (χ2v) is 13.8. The quantitative estimate of drug-likeness (QED) is 0.420. The first kappa shape index (κ1) is 32.4. The molecule has 6 heterocycles. The summed E-state index contributed by atoms with van der Waals surface area (Å²) in [5, 5.41) is 16.2. The fraction of sp³-hybridized carbons (Fsp3) is 0.676. The normalized spacial score (nSPS) is 30.8. The zero-order valence-corrected chi connectivity index (χ0v) is 27.1. The molecule has 0 aromatic carbocycles. The predicted octanol–water partition coefficient (Wildman–Crippen LogP) is 2.96. The first-order valence-corrected chi connectivity index (χ1v) is 16.4. The number of nitrogens with zero attached hydrogens (tertiary/aromatic N) is 5. The van der Waals surface area contributed by atoms with Gasteiger partial charge in [-0.2, -0.15) is 0 Å². The van der Waals surface area contributed by atoms with E-state index in [0.29, 0.717) is 42.1 Å². The standard InChI is InChI=1S/C17H26N4O.C17H25N3O2/c1-4-17(2,15-18-8-5-9-19-15)16(22)20-12-10-13-6-7-14(11-12)21(13)3;1-17(11-21,15-5-3-4-8-18-15)16(22)19-12-9-13-6-7-14(10-12)20(13)2/h5,8-9,12-14H,4,6-7,10-11H2,1-3H3,(H,20,22);3-5,8,12-14,21H,6-7,9-11H2,1-2H3,(H,19,22). The van der Waals surface area contributed by atoms with Crippen LogP contribution in [0.25, 0.3) is 0 Å². The van der Waals surface area contributed by atoms with Crippen LogP contribution in [0.4, 0.5) is 0 Å². The topological polar surface area (TPSA) is 124 Å². The van der Waals surface area contributed by atoms with Gasteiger partial charge in [0.1, 0.15) is 16.7 Å². The predicted molar refractivity (Wildman–Crippen MR) is 170 cm³/mol. The van der Waals surface area contributed by atoms with Gasteiger partial charge in [-0.3, -0.25) is 14.6 Å². The second kappa shape index (κ2) is 13.6. The lowest BCUT2D eigenvalue weighted by Gasteiger charge is -2.38. The molecule has 6 unspecified atom stereocenters. The first-order valence-electron chi connectivity index (χ1n) is 16.4. The van der Waals surface area contributed by atoms with Gasteiger partial charge in [0.15, 0.2) is 0 Å². The molecular formula is C34H51N7O3. The van der Waals surface area contributed by atoms with E-state index in [-0.39, 0.29) is 30.5 Å². The summed E-state index contributed by atoms with van der Waals surface area (Å²) in [5.74, 6) is 0.559. The number of hydrogen-bond acceptors (Lipinski definition) is 8. The van der Waals surface area contributed by atoms with Gasteiger partial charge in [-0.15, -0.1) is 0 Å². The van der Waals surface area contributed by atoms with Crippen LogP contribution in [0.5, 0.6) is 0 Å². The highest BCUT2D eigenvalue weighted by molar-refractivity contribution is 5.88. The van der Waals surface area contributed by atoms with Gasteiger partial charge in [0, 0.05) is 54.8 Å².